The van der Waals surface area contributed by atoms with Crippen LogP contribution in [0, 0.1) is 5.92 Å². The van der Waals surface area contributed by atoms with Crippen molar-refractivity contribution in [1.82, 2.24) is 24.9 Å². The van der Waals surface area contributed by atoms with Crippen molar-refractivity contribution >= 4 is 11.7 Å². The molecule has 6 heteroatoms. The Labute approximate surface area is 159 Å². The number of carbonyl (C=O) groups excluding carboxylic acids is 1. The fraction of sp³-hybridized carbons (Fsp3) is 0.429. The number of nitrogens with one attached hydrogen (secondary N) is 1. The van der Waals surface area contributed by atoms with Crippen LogP contribution in [-0.4, -0.2) is 32.0 Å². The van der Waals surface area contributed by atoms with Crippen LogP contribution in [0.4, 0.5) is 0 Å². The van der Waals surface area contributed by atoms with Crippen LogP contribution in [0.2, 0.25) is 0 Å². The molecule has 0 bridgehead atoms. The molecule has 3 aromatic rings. The highest BCUT2D eigenvalue weighted by molar-refractivity contribution is 5.76. The van der Waals surface area contributed by atoms with Crippen LogP contribution in [-0.2, 0) is 11.2 Å². The molecule has 0 atom stereocenters. The zero-order chi connectivity index (χ0) is 18.5. The average Bonchev–Trinajstić information content (AvgIpc) is 3.21. The summed E-state index contributed by atoms with van der Waals surface area (Å²) < 4.78 is 1.86. The minimum absolute atomic E-state index is 0.152. The van der Waals surface area contributed by atoms with Crippen LogP contribution in [0.3, 0.4) is 0 Å². The maximum absolute atomic E-state index is 12.1. The highest BCUT2D eigenvalue weighted by atomic mass is 16.1. The van der Waals surface area contributed by atoms with Gasteiger partial charge in [0, 0.05) is 25.1 Å². The molecule has 1 aromatic carbocycles. The van der Waals surface area contributed by atoms with Crippen molar-refractivity contribution in [3.8, 4) is 0 Å². The van der Waals surface area contributed by atoms with E-state index in [1.807, 2.05) is 28.9 Å². The maximum atomic E-state index is 12.1. The molecule has 0 aliphatic heterocycles. The molecule has 0 unspecified atom stereocenters. The molecule has 1 N–H and O–H groups in total. The molecule has 2 aromatic heterocycles. The third-order valence-electron chi connectivity index (χ3n) is 5.55. The van der Waals surface area contributed by atoms with Gasteiger partial charge >= 0.3 is 0 Å². The van der Waals surface area contributed by atoms with Crippen molar-refractivity contribution in [3.63, 3.8) is 0 Å². The number of nitrogens with zero attached hydrogens (tertiary/aromatic N) is 4. The van der Waals surface area contributed by atoms with Crippen LogP contribution in [0.5, 0.6) is 0 Å². The Bertz CT molecular complexity index is 884. The molecule has 1 aliphatic carbocycles. The summed E-state index contributed by atoms with van der Waals surface area (Å²) in [6, 6.07) is 12.2. The molecular weight excluding hydrogens is 338 g/mol. The number of carbonyl (C=O) groups is 1. The molecule has 1 aliphatic rings. The largest absolute Gasteiger partial charge is 0.356 e. The normalized spacial score (nSPS) is 19.9. The van der Waals surface area contributed by atoms with Crippen LogP contribution in [0.25, 0.3) is 5.78 Å². The number of hydrogen-bond donors (Lipinski definition) is 1. The average molecular weight is 363 g/mol. The zero-order valence-electron chi connectivity index (χ0n) is 15.4. The van der Waals surface area contributed by atoms with E-state index in [2.05, 4.69) is 38.6 Å². The first kappa shape index (κ1) is 17.6. The third-order valence-corrected chi connectivity index (χ3v) is 5.55. The summed E-state index contributed by atoms with van der Waals surface area (Å²) in [7, 11) is 0. The summed E-state index contributed by atoms with van der Waals surface area (Å²) in [6.07, 6.45) is 9.22. The van der Waals surface area contributed by atoms with Gasteiger partial charge in [0.15, 0.2) is 0 Å². The quantitative estimate of drug-likeness (QED) is 0.730. The van der Waals surface area contributed by atoms with E-state index in [0.717, 1.165) is 38.6 Å². The Morgan fingerprint density at radius 2 is 1.89 bits per heavy atom. The summed E-state index contributed by atoms with van der Waals surface area (Å²) in [5.74, 6) is 1.87. The fourth-order valence-corrected chi connectivity index (χ4v) is 3.98. The Hall–Kier alpha value is -2.76. The molecule has 1 amide bonds. The second kappa shape index (κ2) is 8.29. The van der Waals surface area contributed by atoms with E-state index >= 15 is 0 Å². The summed E-state index contributed by atoms with van der Waals surface area (Å²) >= 11 is 0. The van der Waals surface area contributed by atoms with Crippen molar-refractivity contribution in [1.29, 1.82) is 0 Å². The van der Waals surface area contributed by atoms with Gasteiger partial charge in [-0.3, -0.25) is 4.79 Å². The highest BCUT2D eigenvalue weighted by Crippen LogP contribution is 2.35. The highest BCUT2D eigenvalue weighted by Gasteiger charge is 2.24. The van der Waals surface area contributed by atoms with E-state index < -0.39 is 0 Å². The standard InChI is InChI=1S/C21H25N5O/c27-20(11-8-16-4-2-1-3-5-16)23-14-17-6-9-18(10-7-17)19-12-13-22-21-24-15-25-26(19)21/h1-5,12-13,15,17-18H,6-11,14H2,(H,23,27). The van der Waals surface area contributed by atoms with Gasteiger partial charge in [0.05, 0.1) is 5.69 Å². The summed E-state index contributed by atoms with van der Waals surface area (Å²) in [4.78, 5) is 20.5. The van der Waals surface area contributed by atoms with Crippen molar-refractivity contribution < 1.29 is 4.79 Å². The summed E-state index contributed by atoms with van der Waals surface area (Å²) in [5.41, 5.74) is 2.41. The zero-order valence-corrected chi connectivity index (χ0v) is 15.4. The predicted molar refractivity (Wildman–Crippen MR) is 103 cm³/mol. The van der Waals surface area contributed by atoms with Gasteiger partial charge in [-0.1, -0.05) is 30.3 Å². The second-order valence-electron chi connectivity index (χ2n) is 7.35. The Balaban J connectivity index is 1.23. The van der Waals surface area contributed by atoms with E-state index in [-0.39, 0.29) is 5.91 Å². The summed E-state index contributed by atoms with van der Waals surface area (Å²) in [5, 5.41) is 7.43. The lowest BCUT2D eigenvalue weighted by atomic mass is 9.80. The first-order valence-electron chi connectivity index (χ1n) is 9.75. The molecule has 140 valence electrons. The first-order valence-corrected chi connectivity index (χ1v) is 9.75. The molecule has 1 fully saturated rings. The van der Waals surface area contributed by atoms with Crippen molar-refractivity contribution in [2.24, 2.45) is 5.92 Å². The van der Waals surface area contributed by atoms with Gasteiger partial charge in [-0.05, 0) is 49.7 Å². The van der Waals surface area contributed by atoms with Gasteiger partial charge in [-0.2, -0.15) is 10.1 Å². The number of aryl methyl sites for hydroxylation is 1. The molecule has 0 spiro atoms. The smallest absolute Gasteiger partial charge is 0.252 e. The van der Waals surface area contributed by atoms with Gasteiger partial charge in [0.1, 0.15) is 6.33 Å². The Kier molecular flexibility index (Phi) is 5.42. The molecule has 2 heterocycles. The number of rotatable bonds is 6. The SMILES string of the molecule is O=C(CCc1ccccc1)NCC1CCC(c2ccnc3ncnn23)CC1. The predicted octanol–water partition coefficient (Wildman–Crippen LogP) is 3.15. The molecule has 27 heavy (non-hydrogen) atoms. The monoisotopic (exact) mass is 363 g/mol. The van der Waals surface area contributed by atoms with Gasteiger partial charge in [-0.15, -0.1) is 0 Å². The van der Waals surface area contributed by atoms with Gasteiger partial charge < -0.3 is 5.32 Å². The number of hydrogen-bond acceptors (Lipinski definition) is 4. The summed E-state index contributed by atoms with van der Waals surface area (Å²) in [6.45, 7) is 0.787. The second-order valence-corrected chi connectivity index (χ2v) is 7.35. The minimum Gasteiger partial charge on any atom is -0.356 e. The lowest BCUT2D eigenvalue weighted by Gasteiger charge is -2.28. The molecular formula is C21H25N5O. The van der Waals surface area contributed by atoms with Gasteiger partial charge in [0.2, 0.25) is 5.91 Å². The van der Waals surface area contributed by atoms with Crippen molar-refractivity contribution in [2.75, 3.05) is 6.54 Å². The number of benzene rings is 1. The van der Waals surface area contributed by atoms with Crippen LogP contribution < -0.4 is 5.32 Å². The van der Waals surface area contributed by atoms with Crippen molar-refractivity contribution in [3.05, 3.63) is 60.2 Å². The first-order chi connectivity index (χ1) is 13.3. The lowest BCUT2D eigenvalue weighted by Crippen LogP contribution is -2.31. The molecule has 6 nitrogen and oxygen atoms in total. The van der Waals surface area contributed by atoms with Crippen molar-refractivity contribution in [2.45, 2.75) is 44.4 Å². The van der Waals surface area contributed by atoms with Gasteiger partial charge in [-0.25, -0.2) is 9.50 Å². The van der Waals surface area contributed by atoms with E-state index in [0.29, 0.717) is 24.0 Å². The molecule has 1 saturated carbocycles. The van der Waals surface area contributed by atoms with E-state index in [9.17, 15) is 4.79 Å². The fourth-order valence-electron chi connectivity index (χ4n) is 3.98. The van der Waals surface area contributed by atoms with Crippen LogP contribution in [0.1, 0.15) is 49.3 Å². The van der Waals surface area contributed by atoms with E-state index in [1.54, 1.807) is 6.33 Å². The number of fused-ring (bicyclic) bond motifs is 1. The number of amides is 1. The minimum atomic E-state index is 0.152. The number of aromatic nitrogens is 4. The Morgan fingerprint density at radius 1 is 1.07 bits per heavy atom. The maximum Gasteiger partial charge on any atom is 0.252 e. The third kappa shape index (κ3) is 4.32. The topological polar surface area (TPSA) is 72.2 Å². The van der Waals surface area contributed by atoms with Gasteiger partial charge in [0.25, 0.3) is 5.78 Å². The van der Waals surface area contributed by atoms with Crippen LogP contribution >= 0.6 is 0 Å². The van der Waals surface area contributed by atoms with Crippen LogP contribution in [0.15, 0.2) is 48.9 Å². The lowest BCUT2D eigenvalue weighted by molar-refractivity contribution is -0.121. The van der Waals surface area contributed by atoms with E-state index in [1.165, 1.54) is 11.3 Å². The molecule has 4 rings (SSSR count). The molecule has 0 saturated heterocycles. The Morgan fingerprint density at radius 3 is 2.70 bits per heavy atom. The van der Waals surface area contributed by atoms with E-state index in [4.69, 9.17) is 0 Å². The molecule has 0 radical (unpaired) electrons.